The summed E-state index contributed by atoms with van der Waals surface area (Å²) in [5, 5.41) is 3.50. The van der Waals surface area contributed by atoms with Crippen LogP contribution in [0.3, 0.4) is 0 Å². The molecule has 0 atom stereocenters. The Hall–Kier alpha value is -0.910. The highest BCUT2D eigenvalue weighted by Gasteiger charge is 2.21. The molecule has 1 aliphatic rings. The van der Waals surface area contributed by atoms with Crippen molar-refractivity contribution in [3.05, 3.63) is 50.5 Å². The first-order valence-electron chi connectivity index (χ1n) is 6.93. The van der Waals surface area contributed by atoms with Gasteiger partial charge in [0.15, 0.2) is 0 Å². The fourth-order valence-electron chi connectivity index (χ4n) is 2.06. The van der Waals surface area contributed by atoms with Gasteiger partial charge in [0, 0.05) is 33.3 Å². The van der Waals surface area contributed by atoms with E-state index < -0.39 is 0 Å². The van der Waals surface area contributed by atoms with Crippen LogP contribution in [-0.2, 0) is 6.54 Å². The Kier molecular flexibility index (Phi) is 4.62. The van der Waals surface area contributed by atoms with Gasteiger partial charge in [-0.05, 0) is 65.5 Å². The van der Waals surface area contributed by atoms with Gasteiger partial charge in [-0.1, -0.05) is 15.9 Å². The lowest BCUT2D eigenvalue weighted by molar-refractivity contribution is 0.449. The molecule has 3 nitrogen and oxygen atoms in total. The summed E-state index contributed by atoms with van der Waals surface area (Å²) >= 11 is 6.94. The van der Waals surface area contributed by atoms with E-state index in [2.05, 4.69) is 48.2 Å². The highest BCUT2D eigenvalue weighted by atomic mass is 79.9. The summed E-state index contributed by atoms with van der Waals surface area (Å²) in [6, 6.07) is 8.69. The number of rotatable bonds is 5. The molecule has 1 aromatic heterocycles. The first-order valence-corrected chi connectivity index (χ1v) is 8.52. The van der Waals surface area contributed by atoms with Gasteiger partial charge < -0.3 is 10.1 Å². The normalized spacial score (nSPS) is 14.2. The number of halogens is 2. The van der Waals surface area contributed by atoms with Crippen LogP contribution in [0.2, 0.25) is 0 Å². The zero-order valence-electron chi connectivity index (χ0n) is 11.7. The van der Waals surface area contributed by atoms with Crippen molar-refractivity contribution in [3.8, 4) is 11.6 Å². The second kappa shape index (κ2) is 6.46. The third-order valence-electron chi connectivity index (χ3n) is 3.39. The SMILES string of the molecule is Cc1cc(Br)ccc1Oc1ncc(Br)cc1CNC1CC1. The smallest absolute Gasteiger partial charge is 0.223 e. The molecule has 0 amide bonds. The molecule has 1 aromatic carbocycles. The molecule has 1 heterocycles. The van der Waals surface area contributed by atoms with Crippen LogP contribution in [-0.4, -0.2) is 11.0 Å². The summed E-state index contributed by atoms with van der Waals surface area (Å²) in [5.74, 6) is 1.50. The van der Waals surface area contributed by atoms with Gasteiger partial charge in [0.25, 0.3) is 0 Å². The minimum Gasteiger partial charge on any atom is -0.438 e. The molecule has 0 radical (unpaired) electrons. The Bertz CT molecular complexity index is 657. The maximum Gasteiger partial charge on any atom is 0.223 e. The van der Waals surface area contributed by atoms with E-state index >= 15 is 0 Å². The summed E-state index contributed by atoms with van der Waals surface area (Å²) in [4.78, 5) is 4.41. The van der Waals surface area contributed by atoms with Crippen LogP contribution in [0, 0.1) is 6.92 Å². The number of aryl methyl sites for hydroxylation is 1. The van der Waals surface area contributed by atoms with Crippen LogP contribution in [0.4, 0.5) is 0 Å². The Morgan fingerprint density at radius 3 is 2.76 bits per heavy atom. The summed E-state index contributed by atoms with van der Waals surface area (Å²) in [6.45, 7) is 2.81. The van der Waals surface area contributed by atoms with Crippen molar-refractivity contribution in [1.82, 2.24) is 10.3 Å². The zero-order chi connectivity index (χ0) is 14.8. The van der Waals surface area contributed by atoms with E-state index in [-0.39, 0.29) is 0 Å². The van der Waals surface area contributed by atoms with E-state index in [0.717, 1.165) is 32.4 Å². The third-order valence-corrected chi connectivity index (χ3v) is 4.32. The van der Waals surface area contributed by atoms with Gasteiger partial charge in [-0.3, -0.25) is 0 Å². The Balaban J connectivity index is 1.82. The molecule has 5 heteroatoms. The van der Waals surface area contributed by atoms with Crippen molar-refractivity contribution in [2.45, 2.75) is 32.4 Å². The molecular formula is C16H16Br2N2O. The zero-order valence-corrected chi connectivity index (χ0v) is 14.9. The highest BCUT2D eigenvalue weighted by molar-refractivity contribution is 9.10. The first-order chi connectivity index (χ1) is 10.1. The van der Waals surface area contributed by atoms with Crippen molar-refractivity contribution < 1.29 is 4.74 Å². The maximum atomic E-state index is 6.01. The predicted octanol–water partition coefficient (Wildman–Crippen LogP) is 4.96. The molecule has 0 aliphatic heterocycles. The minimum atomic E-state index is 0.659. The van der Waals surface area contributed by atoms with Gasteiger partial charge in [-0.25, -0.2) is 4.98 Å². The third kappa shape index (κ3) is 4.05. The van der Waals surface area contributed by atoms with Crippen molar-refractivity contribution in [2.24, 2.45) is 0 Å². The average molecular weight is 412 g/mol. The second-order valence-electron chi connectivity index (χ2n) is 5.28. The fraction of sp³-hybridized carbons (Fsp3) is 0.312. The van der Waals surface area contributed by atoms with E-state index in [1.807, 2.05) is 25.1 Å². The van der Waals surface area contributed by atoms with E-state index in [9.17, 15) is 0 Å². The number of aromatic nitrogens is 1. The van der Waals surface area contributed by atoms with Gasteiger partial charge in [0.1, 0.15) is 5.75 Å². The molecule has 0 spiro atoms. The van der Waals surface area contributed by atoms with E-state index in [1.165, 1.54) is 12.8 Å². The van der Waals surface area contributed by atoms with Gasteiger partial charge in [-0.15, -0.1) is 0 Å². The monoisotopic (exact) mass is 410 g/mol. The van der Waals surface area contributed by atoms with Crippen LogP contribution < -0.4 is 10.1 Å². The van der Waals surface area contributed by atoms with Crippen molar-refractivity contribution in [3.63, 3.8) is 0 Å². The van der Waals surface area contributed by atoms with Crippen molar-refractivity contribution in [1.29, 1.82) is 0 Å². The lowest BCUT2D eigenvalue weighted by Crippen LogP contribution is -2.16. The van der Waals surface area contributed by atoms with Crippen LogP contribution in [0.5, 0.6) is 11.6 Å². The van der Waals surface area contributed by atoms with Gasteiger partial charge in [0.05, 0.1) is 0 Å². The minimum absolute atomic E-state index is 0.659. The number of hydrogen-bond acceptors (Lipinski definition) is 3. The average Bonchev–Trinajstić information content (AvgIpc) is 3.26. The number of nitrogens with one attached hydrogen (secondary N) is 1. The summed E-state index contributed by atoms with van der Waals surface area (Å²) in [5.41, 5.74) is 2.15. The van der Waals surface area contributed by atoms with Gasteiger partial charge in [-0.2, -0.15) is 0 Å². The summed E-state index contributed by atoms with van der Waals surface area (Å²) in [6.07, 6.45) is 4.30. The highest BCUT2D eigenvalue weighted by Crippen LogP contribution is 2.30. The van der Waals surface area contributed by atoms with Gasteiger partial charge in [0.2, 0.25) is 5.88 Å². The largest absolute Gasteiger partial charge is 0.438 e. The number of ether oxygens (including phenoxy) is 1. The first kappa shape index (κ1) is 15.0. The fourth-order valence-corrected chi connectivity index (χ4v) is 2.91. The number of hydrogen-bond donors (Lipinski definition) is 1. The molecule has 1 N–H and O–H groups in total. The molecule has 0 unspecified atom stereocenters. The predicted molar refractivity (Wildman–Crippen MR) is 90.8 cm³/mol. The Morgan fingerprint density at radius 2 is 2.05 bits per heavy atom. The molecule has 110 valence electrons. The van der Waals surface area contributed by atoms with Crippen molar-refractivity contribution in [2.75, 3.05) is 0 Å². The second-order valence-corrected chi connectivity index (χ2v) is 7.12. The van der Waals surface area contributed by atoms with Crippen LogP contribution >= 0.6 is 31.9 Å². The molecule has 1 saturated carbocycles. The lowest BCUT2D eigenvalue weighted by atomic mass is 10.2. The Labute approximate surface area is 141 Å². The maximum absolute atomic E-state index is 6.01. The number of pyridine rings is 1. The van der Waals surface area contributed by atoms with E-state index in [0.29, 0.717) is 11.9 Å². The molecule has 21 heavy (non-hydrogen) atoms. The van der Waals surface area contributed by atoms with Crippen LogP contribution in [0.1, 0.15) is 24.0 Å². The molecule has 1 aliphatic carbocycles. The quantitative estimate of drug-likeness (QED) is 0.754. The molecule has 0 saturated heterocycles. The van der Waals surface area contributed by atoms with Crippen LogP contribution in [0.15, 0.2) is 39.4 Å². The molecule has 1 fully saturated rings. The lowest BCUT2D eigenvalue weighted by Gasteiger charge is -2.13. The summed E-state index contributed by atoms with van der Waals surface area (Å²) < 4.78 is 8.03. The molecule has 3 rings (SSSR count). The van der Waals surface area contributed by atoms with Crippen LogP contribution in [0.25, 0.3) is 0 Å². The topological polar surface area (TPSA) is 34.1 Å². The summed E-state index contributed by atoms with van der Waals surface area (Å²) in [7, 11) is 0. The van der Waals surface area contributed by atoms with E-state index in [1.54, 1.807) is 6.20 Å². The molecular weight excluding hydrogens is 396 g/mol. The van der Waals surface area contributed by atoms with Gasteiger partial charge >= 0.3 is 0 Å². The molecule has 0 bridgehead atoms. The van der Waals surface area contributed by atoms with E-state index in [4.69, 9.17) is 4.74 Å². The number of nitrogens with zero attached hydrogens (tertiary/aromatic N) is 1. The van der Waals surface area contributed by atoms with Crippen molar-refractivity contribution >= 4 is 31.9 Å². The Morgan fingerprint density at radius 1 is 1.24 bits per heavy atom. The number of benzene rings is 1. The molecule has 2 aromatic rings. The standard InChI is InChI=1S/C16H16Br2N2O/c1-10-6-12(17)2-5-15(10)21-16-11(7-13(18)9-20-16)8-19-14-3-4-14/h2,5-7,9,14,19H,3-4,8H2,1H3.